The van der Waals surface area contributed by atoms with Crippen molar-refractivity contribution in [2.75, 3.05) is 33.4 Å². The fourth-order valence-corrected chi connectivity index (χ4v) is 2.12. The first-order valence-corrected chi connectivity index (χ1v) is 6.31. The molecular weight excluding hydrogens is 224 g/mol. The summed E-state index contributed by atoms with van der Waals surface area (Å²) in [5.41, 5.74) is 0. The van der Waals surface area contributed by atoms with E-state index in [1.54, 1.807) is 7.11 Å². The van der Waals surface area contributed by atoms with Gasteiger partial charge in [0.15, 0.2) is 5.11 Å². The second-order valence-electron chi connectivity index (χ2n) is 4.00. The van der Waals surface area contributed by atoms with Crippen LogP contribution in [0.5, 0.6) is 0 Å². The average Bonchev–Trinajstić information content (AvgIpc) is 2.74. The van der Waals surface area contributed by atoms with E-state index in [9.17, 15) is 0 Å². The van der Waals surface area contributed by atoms with Crippen LogP contribution in [0.3, 0.4) is 0 Å². The van der Waals surface area contributed by atoms with Gasteiger partial charge in [0.2, 0.25) is 0 Å². The third-order valence-electron chi connectivity index (χ3n) is 2.87. The number of hydrogen-bond acceptors (Lipinski definition) is 3. The first-order valence-electron chi connectivity index (χ1n) is 5.90. The topological polar surface area (TPSA) is 42.5 Å². The molecule has 0 bridgehead atoms. The first kappa shape index (κ1) is 13.7. The van der Waals surface area contributed by atoms with Crippen LogP contribution in [-0.2, 0) is 9.47 Å². The summed E-state index contributed by atoms with van der Waals surface area (Å²) in [6, 6.07) is 0. The van der Waals surface area contributed by atoms with Gasteiger partial charge in [-0.1, -0.05) is 6.92 Å². The Morgan fingerprint density at radius 3 is 3.00 bits per heavy atom. The van der Waals surface area contributed by atoms with Crippen LogP contribution in [0.1, 0.15) is 19.8 Å². The summed E-state index contributed by atoms with van der Waals surface area (Å²) in [4.78, 5) is 0. The average molecular weight is 246 g/mol. The molecule has 0 spiro atoms. The minimum Gasteiger partial charge on any atom is -0.383 e. The van der Waals surface area contributed by atoms with Crippen LogP contribution in [0.4, 0.5) is 0 Å². The quantitative estimate of drug-likeness (QED) is 0.539. The smallest absolute Gasteiger partial charge is 0.166 e. The summed E-state index contributed by atoms with van der Waals surface area (Å²) in [5, 5.41) is 7.03. The Hall–Kier alpha value is -0.390. The zero-order valence-corrected chi connectivity index (χ0v) is 10.9. The number of rotatable bonds is 6. The number of thiocarbonyl (C=S) groups is 1. The van der Waals surface area contributed by atoms with Crippen LogP contribution in [0.15, 0.2) is 0 Å². The van der Waals surface area contributed by atoms with Gasteiger partial charge in [-0.15, -0.1) is 0 Å². The lowest BCUT2D eigenvalue weighted by molar-refractivity contribution is 0.0883. The Kier molecular flexibility index (Phi) is 6.68. The fourth-order valence-electron chi connectivity index (χ4n) is 1.93. The molecule has 0 aromatic heterocycles. The molecule has 4 nitrogen and oxygen atoms in total. The highest BCUT2D eigenvalue weighted by atomic mass is 32.1. The molecule has 0 amide bonds. The van der Waals surface area contributed by atoms with Gasteiger partial charge in [0.1, 0.15) is 0 Å². The Bertz CT molecular complexity index is 214. The maximum absolute atomic E-state index is 5.62. The van der Waals surface area contributed by atoms with Crippen molar-refractivity contribution >= 4 is 17.3 Å². The van der Waals surface area contributed by atoms with Crippen LogP contribution in [0, 0.1) is 5.92 Å². The summed E-state index contributed by atoms with van der Waals surface area (Å²) in [6.07, 6.45) is 2.61. The van der Waals surface area contributed by atoms with Gasteiger partial charge in [0.25, 0.3) is 0 Å². The molecule has 0 saturated carbocycles. The Morgan fingerprint density at radius 1 is 1.50 bits per heavy atom. The minimum atomic E-state index is 0.397. The molecule has 2 N–H and O–H groups in total. The van der Waals surface area contributed by atoms with Crippen molar-refractivity contribution in [1.29, 1.82) is 0 Å². The first-order chi connectivity index (χ1) is 7.77. The number of hydrogen-bond donors (Lipinski definition) is 2. The molecule has 1 rings (SSSR count). The maximum Gasteiger partial charge on any atom is 0.166 e. The molecular formula is C11H22N2O2S. The molecule has 0 aromatic carbocycles. The Balaban J connectivity index is 2.11. The van der Waals surface area contributed by atoms with Gasteiger partial charge in [-0.2, -0.15) is 0 Å². The molecule has 1 aliphatic rings. The molecule has 16 heavy (non-hydrogen) atoms. The molecule has 2 unspecified atom stereocenters. The lowest BCUT2D eigenvalue weighted by Crippen LogP contribution is -2.40. The van der Waals surface area contributed by atoms with Crippen LogP contribution < -0.4 is 10.6 Å². The van der Waals surface area contributed by atoms with E-state index < -0.39 is 0 Å². The standard InChI is InChI=1S/C11H22N2O2S/c1-3-10-9(4-6-15-10)8-13-11(16)12-5-7-14-2/h9-10H,3-8H2,1-2H3,(H2,12,13,16). The predicted octanol–water partition coefficient (Wildman–Crippen LogP) is 0.912. The Morgan fingerprint density at radius 2 is 2.31 bits per heavy atom. The molecule has 1 heterocycles. The van der Waals surface area contributed by atoms with E-state index in [4.69, 9.17) is 21.7 Å². The minimum absolute atomic E-state index is 0.397. The van der Waals surface area contributed by atoms with Crippen LogP contribution in [0.2, 0.25) is 0 Å². The van der Waals surface area contributed by atoms with E-state index in [0.717, 1.165) is 32.5 Å². The van der Waals surface area contributed by atoms with Crippen molar-refractivity contribution in [3.63, 3.8) is 0 Å². The number of methoxy groups -OCH3 is 1. The van der Waals surface area contributed by atoms with Crippen molar-refractivity contribution < 1.29 is 9.47 Å². The molecule has 1 aliphatic heterocycles. The van der Waals surface area contributed by atoms with Crippen molar-refractivity contribution in [2.45, 2.75) is 25.9 Å². The molecule has 5 heteroatoms. The SMILES string of the molecule is CCC1OCCC1CNC(=S)NCCOC. The van der Waals surface area contributed by atoms with E-state index in [1.165, 1.54) is 0 Å². The third kappa shape index (κ3) is 4.63. The van der Waals surface area contributed by atoms with Gasteiger partial charge in [-0.25, -0.2) is 0 Å². The fraction of sp³-hybridized carbons (Fsp3) is 0.909. The van der Waals surface area contributed by atoms with Crippen LogP contribution >= 0.6 is 12.2 Å². The van der Waals surface area contributed by atoms with Crippen molar-refractivity contribution in [2.24, 2.45) is 5.92 Å². The lowest BCUT2D eigenvalue weighted by Gasteiger charge is -2.18. The lowest BCUT2D eigenvalue weighted by atomic mass is 10.00. The van der Waals surface area contributed by atoms with E-state index in [-0.39, 0.29) is 0 Å². The van der Waals surface area contributed by atoms with Gasteiger partial charge >= 0.3 is 0 Å². The summed E-state index contributed by atoms with van der Waals surface area (Å²) in [6.45, 7) is 5.37. The highest BCUT2D eigenvalue weighted by Crippen LogP contribution is 2.22. The second-order valence-corrected chi connectivity index (χ2v) is 4.40. The summed E-state index contributed by atoms with van der Waals surface area (Å²) in [5.74, 6) is 0.590. The van der Waals surface area contributed by atoms with Gasteiger partial charge in [0.05, 0.1) is 12.7 Å². The largest absolute Gasteiger partial charge is 0.383 e. The molecule has 0 aliphatic carbocycles. The summed E-state index contributed by atoms with van der Waals surface area (Å²) >= 11 is 5.16. The predicted molar refractivity (Wildman–Crippen MR) is 68.6 cm³/mol. The normalized spacial score (nSPS) is 24.4. The van der Waals surface area contributed by atoms with Crippen molar-refractivity contribution in [3.05, 3.63) is 0 Å². The molecule has 1 fully saturated rings. The third-order valence-corrected chi connectivity index (χ3v) is 3.15. The molecule has 1 saturated heterocycles. The molecule has 94 valence electrons. The summed E-state index contributed by atoms with van der Waals surface area (Å²) < 4.78 is 10.6. The highest BCUT2D eigenvalue weighted by Gasteiger charge is 2.26. The van der Waals surface area contributed by atoms with Crippen molar-refractivity contribution in [1.82, 2.24) is 10.6 Å². The van der Waals surface area contributed by atoms with Crippen LogP contribution in [0.25, 0.3) is 0 Å². The molecule has 0 radical (unpaired) electrons. The van der Waals surface area contributed by atoms with E-state index in [0.29, 0.717) is 23.7 Å². The zero-order valence-electron chi connectivity index (χ0n) is 10.1. The van der Waals surface area contributed by atoms with E-state index >= 15 is 0 Å². The van der Waals surface area contributed by atoms with Crippen LogP contribution in [-0.4, -0.2) is 44.6 Å². The summed E-state index contributed by atoms with van der Waals surface area (Å²) in [7, 11) is 1.68. The number of ether oxygens (including phenoxy) is 2. The van der Waals surface area contributed by atoms with Gasteiger partial charge < -0.3 is 20.1 Å². The monoisotopic (exact) mass is 246 g/mol. The van der Waals surface area contributed by atoms with E-state index in [1.807, 2.05) is 0 Å². The second kappa shape index (κ2) is 7.81. The van der Waals surface area contributed by atoms with Gasteiger partial charge in [0, 0.05) is 32.7 Å². The zero-order chi connectivity index (χ0) is 11.8. The van der Waals surface area contributed by atoms with E-state index in [2.05, 4.69) is 17.6 Å². The van der Waals surface area contributed by atoms with Gasteiger partial charge in [-0.3, -0.25) is 0 Å². The highest BCUT2D eigenvalue weighted by molar-refractivity contribution is 7.80. The number of nitrogens with one attached hydrogen (secondary N) is 2. The van der Waals surface area contributed by atoms with Crippen molar-refractivity contribution in [3.8, 4) is 0 Å². The Labute approximate surface area is 103 Å². The maximum atomic E-state index is 5.62. The van der Waals surface area contributed by atoms with Gasteiger partial charge in [-0.05, 0) is 25.1 Å². The molecule has 0 aromatic rings. The molecule has 2 atom stereocenters.